The number of nitrogens with one attached hydrogen (secondary N) is 1. The zero-order valence-corrected chi connectivity index (χ0v) is 17.5. The second-order valence-electron chi connectivity index (χ2n) is 7.55. The monoisotopic (exact) mass is 436 g/mol. The molecule has 2 heterocycles. The number of para-hydroxylation sites is 1. The van der Waals surface area contributed by atoms with Crippen molar-refractivity contribution in [2.75, 3.05) is 5.32 Å². The fraction of sp³-hybridized carbons (Fsp3) is 0.208. The Morgan fingerprint density at radius 3 is 2.53 bits per heavy atom. The second-order valence-corrected chi connectivity index (χ2v) is 7.55. The molecule has 0 saturated carbocycles. The van der Waals surface area contributed by atoms with Gasteiger partial charge in [0, 0.05) is 41.9 Å². The lowest BCUT2D eigenvalue weighted by Crippen LogP contribution is -2.24. The zero-order valence-electron chi connectivity index (χ0n) is 17.5. The number of aryl methyl sites for hydroxylation is 2. The lowest BCUT2D eigenvalue weighted by atomic mass is 10.2. The number of hydrogen-bond acceptors (Lipinski definition) is 3. The largest absolute Gasteiger partial charge is 0.326 e. The lowest BCUT2D eigenvalue weighted by Gasteiger charge is -2.11. The fourth-order valence-corrected chi connectivity index (χ4v) is 3.59. The molecule has 0 aliphatic carbocycles. The molecule has 1 amide bonds. The van der Waals surface area contributed by atoms with Crippen molar-refractivity contribution in [3.05, 3.63) is 93.9 Å². The number of carbonyl (C=O) groups excluding carboxylic acids is 1. The van der Waals surface area contributed by atoms with Crippen molar-refractivity contribution in [2.45, 2.75) is 32.9 Å². The van der Waals surface area contributed by atoms with E-state index in [0.29, 0.717) is 12.2 Å². The van der Waals surface area contributed by atoms with Crippen LogP contribution in [0, 0.1) is 6.92 Å². The van der Waals surface area contributed by atoms with Crippen LogP contribution < -0.4 is 10.9 Å². The van der Waals surface area contributed by atoms with Crippen molar-refractivity contribution in [1.29, 1.82) is 0 Å². The Balaban J connectivity index is 1.62. The molecule has 0 fully saturated rings. The predicted octanol–water partition coefficient (Wildman–Crippen LogP) is 4.52. The number of rotatable bonds is 7. The van der Waals surface area contributed by atoms with Crippen LogP contribution in [0.15, 0.2) is 71.7 Å². The summed E-state index contributed by atoms with van der Waals surface area (Å²) in [4.78, 5) is 25.0. The highest BCUT2D eigenvalue weighted by Crippen LogP contribution is 2.26. The Morgan fingerprint density at radius 1 is 1.09 bits per heavy atom. The van der Waals surface area contributed by atoms with Gasteiger partial charge in [-0.15, -0.1) is 0 Å². The minimum atomic E-state index is -2.81. The van der Waals surface area contributed by atoms with Crippen LogP contribution in [0.4, 0.5) is 14.5 Å². The SMILES string of the molecule is Cc1ccccc1NC(=O)CCn1c(=O)cc(C(F)F)c2cn(Cc3ccccc3)nc21. The third-order valence-electron chi connectivity index (χ3n) is 5.26. The summed E-state index contributed by atoms with van der Waals surface area (Å²) in [7, 11) is 0. The van der Waals surface area contributed by atoms with E-state index >= 15 is 0 Å². The van der Waals surface area contributed by atoms with Crippen molar-refractivity contribution in [2.24, 2.45) is 0 Å². The van der Waals surface area contributed by atoms with Crippen LogP contribution in [0.1, 0.15) is 29.5 Å². The molecule has 2 aromatic heterocycles. The molecule has 0 bridgehead atoms. The molecular formula is C24H22F2N4O2. The summed E-state index contributed by atoms with van der Waals surface area (Å²) in [5.74, 6) is -0.277. The van der Waals surface area contributed by atoms with Crippen LogP contribution in [0.25, 0.3) is 11.0 Å². The van der Waals surface area contributed by atoms with Gasteiger partial charge in [-0.25, -0.2) is 8.78 Å². The highest BCUT2D eigenvalue weighted by Gasteiger charge is 2.19. The number of amides is 1. The van der Waals surface area contributed by atoms with Gasteiger partial charge in [0.2, 0.25) is 5.91 Å². The molecule has 0 spiro atoms. The summed E-state index contributed by atoms with van der Waals surface area (Å²) in [5.41, 5.74) is 1.74. The Morgan fingerprint density at radius 2 is 1.81 bits per heavy atom. The number of fused-ring (bicyclic) bond motifs is 1. The number of hydrogen-bond donors (Lipinski definition) is 1. The van der Waals surface area contributed by atoms with Crippen molar-refractivity contribution in [1.82, 2.24) is 14.3 Å². The van der Waals surface area contributed by atoms with Gasteiger partial charge in [0.1, 0.15) is 0 Å². The van der Waals surface area contributed by atoms with E-state index in [9.17, 15) is 18.4 Å². The van der Waals surface area contributed by atoms with Crippen LogP contribution in [0.3, 0.4) is 0 Å². The molecule has 2 aromatic carbocycles. The zero-order chi connectivity index (χ0) is 22.7. The lowest BCUT2D eigenvalue weighted by molar-refractivity contribution is -0.116. The van der Waals surface area contributed by atoms with Crippen molar-refractivity contribution >= 4 is 22.6 Å². The first kappa shape index (κ1) is 21.4. The van der Waals surface area contributed by atoms with Gasteiger partial charge in [-0.3, -0.25) is 18.8 Å². The minimum absolute atomic E-state index is 0.00289. The van der Waals surface area contributed by atoms with Crippen LogP contribution in [0.5, 0.6) is 0 Å². The minimum Gasteiger partial charge on any atom is -0.326 e. The number of halogens is 2. The molecule has 0 radical (unpaired) electrons. The van der Waals surface area contributed by atoms with Crippen molar-refractivity contribution < 1.29 is 13.6 Å². The molecule has 32 heavy (non-hydrogen) atoms. The number of aromatic nitrogens is 3. The van der Waals surface area contributed by atoms with Gasteiger partial charge < -0.3 is 5.32 Å². The molecular weight excluding hydrogens is 414 g/mol. The van der Waals surface area contributed by atoms with Gasteiger partial charge in [0.15, 0.2) is 5.65 Å². The first-order chi connectivity index (χ1) is 15.4. The molecule has 0 aliphatic rings. The second kappa shape index (κ2) is 9.13. The van der Waals surface area contributed by atoms with Crippen molar-refractivity contribution in [3.8, 4) is 0 Å². The maximum atomic E-state index is 13.6. The first-order valence-electron chi connectivity index (χ1n) is 10.2. The topological polar surface area (TPSA) is 68.9 Å². The summed E-state index contributed by atoms with van der Waals surface area (Å²) in [5, 5.41) is 7.42. The first-order valence-corrected chi connectivity index (χ1v) is 10.2. The normalized spacial score (nSPS) is 11.2. The third kappa shape index (κ3) is 4.59. The van der Waals surface area contributed by atoms with Gasteiger partial charge in [-0.1, -0.05) is 48.5 Å². The molecule has 164 valence electrons. The molecule has 8 heteroatoms. The smallest absolute Gasteiger partial charge is 0.264 e. The van der Waals surface area contributed by atoms with Gasteiger partial charge in [0.05, 0.1) is 6.54 Å². The van der Waals surface area contributed by atoms with Gasteiger partial charge in [-0.05, 0) is 24.1 Å². The van der Waals surface area contributed by atoms with E-state index < -0.39 is 12.0 Å². The van der Waals surface area contributed by atoms with E-state index in [1.54, 1.807) is 6.07 Å². The molecule has 4 aromatic rings. The van der Waals surface area contributed by atoms with E-state index in [2.05, 4.69) is 10.4 Å². The van der Waals surface area contributed by atoms with E-state index in [1.165, 1.54) is 15.4 Å². The molecule has 6 nitrogen and oxygen atoms in total. The standard InChI is InChI=1S/C24H22F2N4O2/c1-16-7-5-6-10-20(16)27-21(31)11-12-30-22(32)13-18(23(25)26)19-15-29(28-24(19)30)14-17-8-3-2-4-9-17/h2-10,13,15,23H,11-12,14H2,1H3,(H,27,31). The maximum absolute atomic E-state index is 13.6. The number of nitrogens with zero attached hydrogens (tertiary/aromatic N) is 3. The number of carbonyl (C=O) groups is 1. The summed E-state index contributed by atoms with van der Waals surface area (Å²) >= 11 is 0. The molecule has 1 N–H and O–H groups in total. The van der Waals surface area contributed by atoms with Crippen LogP contribution in [-0.4, -0.2) is 20.3 Å². The molecule has 0 saturated heterocycles. The summed E-state index contributed by atoms with van der Waals surface area (Å²) in [6.07, 6.45) is -1.28. The van der Waals surface area contributed by atoms with E-state index in [-0.39, 0.29) is 35.5 Å². The van der Waals surface area contributed by atoms with Gasteiger partial charge >= 0.3 is 0 Å². The molecule has 0 unspecified atom stereocenters. The van der Waals surface area contributed by atoms with E-state index in [0.717, 1.165) is 17.2 Å². The van der Waals surface area contributed by atoms with Gasteiger partial charge in [0.25, 0.3) is 12.0 Å². The van der Waals surface area contributed by atoms with Gasteiger partial charge in [-0.2, -0.15) is 5.10 Å². The average molecular weight is 436 g/mol. The Kier molecular flexibility index (Phi) is 6.11. The average Bonchev–Trinajstić information content (AvgIpc) is 3.18. The van der Waals surface area contributed by atoms with E-state index in [4.69, 9.17) is 0 Å². The van der Waals surface area contributed by atoms with Crippen LogP contribution in [-0.2, 0) is 17.9 Å². The summed E-state index contributed by atoms with van der Waals surface area (Å²) in [6.45, 7) is 2.28. The number of anilines is 1. The third-order valence-corrected chi connectivity index (χ3v) is 5.26. The molecule has 0 atom stereocenters. The number of benzene rings is 2. The van der Waals surface area contributed by atoms with Crippen molar-refractivity contribution in [3.63, 3.8) is 0 Å². The summed E-state index contributed by atoms with van der Waals surface area (Å²) in [6, 6.07) is 17.8. The molecule has 0 aliphatic heterocycles. The van der Waals surface area contributed by atoms with Crippen LogP contribution >= 0.6 is 0 Å². The Bertz CT molecular complexity index is 1310. The predicted molar refractivity (Wildman–Crippen MR) is 119 cm³/mol. The Labute approximate surface area is 183 Å². The number of pyridine rings is 1. The fourth-order valence-electron chi connectivity index (χ4n) is 3.59. The van der Waals surface area contributed by atoms with E-state index in [1.807, 2.05) is 55.5 Å². The highest BCUT2D eigenvalue weighted by molar-refractivity contribution is 5.91. The molecule has 4 rings (SSSR count). The number of alkyl halides is 2. The Hall–Kier alpha value is -3.81. The van der Waals surface area contributed by atoms with Crippen LogP contribution in [0.2, 0.25) is 0 Å². The highest BCUT2D eigenvalue weighted by atomic mass is 19.3. The quantitative estimate of drug-likeness (QED) is 0.463. The summed E-state index contributed by atoms with van der Waals surface area (Å²) < 4.78 is 30.0. The maximum Gasteiger partial charge on any atom is 0.264 e.